The van der Waals surface area contributed by atoms with Crippen LogP contribution in [0.25, 0.3) is 54.7 Å². The van der Waals surface area contributed by atoms with Crippen LogP contribution in [0.2, 0.25) is 0 Å². The summed E-state index contributed by atoms with van der Waals surface area (Å²) in [6.07, 6.45) is 0. The molecular weight excluding hydrogens is 364 g/mol. The number of aryl methyl sites for hydroxylation is 2. The molecule has 2 heteroatoms. The van der Waals surface area contributed by atoms with E-state index in [1.807, 2.05) is 0 Å². The van der Waals surface area contributed by atoms with E-state index in [2.05, 4.69) is 108 Å². The third kappa shape index (κ3) is 2.31. The number of nitrogens with zero attached hydrogens (tertiary/aromatic N) is 2. The Morgan fingerprint density at radius 3 is 1.47 bits per heavy atom. The minimum atomic E-state index is 0.941. The monoisotopic (exact) mass is 386 g/mol. The largest absolute Gasteiger partial charge is 0.340 e. The molecular formula is C28H22N2. The van der Waals surface area contributed by atoms with Gasteiger partial charge < -0.3 is 9.13 Å². The van der Waals surface area contributed by atoms with Crippen LogP contribution in [0.5, 0.6) is 0 Å². The first kappa shape index (κ1) is 17.3. The molecule has 0 saturated heterocycles. The van der Waals surface area contributed by atoms with E-state index in [-0.39, 0.29) is 0 Å². The first-order valence-electron chi connectivity index (χ1n) is 10.7. The van der Waals surface area contributed by atoms with Crippen molar-refractivity contribution in [2.45, 2.75) is 26.9 Å². The van der Waals surface area contributed by atoms with Crippen LogP contribution in [0.1, 0.15) is 13.8 Å². The minimum absolute atomic E-state index is 0.941. The second kappa shape index (κ2) is 6.50. The van der Waals surface area contributed by atoms with Crippen molar-refractivity contribution in [3.8, 4) is 11.1 Å². The van der Waals surface area contributed by atoms with Gasteiger partial charge in [-0.1, -0.05) is 36.4 Å². The van der Waals surface area contributed by atoms with Crippen molar-refractivity contribution in [1.82, 2.24) is 9.13 Å². The van der Waals surface area contributed by atoms with Crippen LogP contribution in [0, 0.1) is 12.1 Å². The second-order valence-electron chi connectivity index (χ2n) is 7.82. The van der Waals surface area contributed by atoms with Crippen LogP contribution in [0.3, 0.4) is 0 Å². The number of rotatable bonds is 3. The molecule has 0 amide bonds. The highest BCUT2D eigenvalue weighted by atomic mass is 15.0. The van der Waals surface area contributed by atoms with Gasteiger partial charge in [-0.2, -0.15) is 0 Å². The van der Waals surface area contributed by atoms with Crippen molar-refractivity contribution < 1.29 is 0 Å². The molecule has 0 aliphatic heterocycles. The fourth-order valence-electron chi connectivity index (χ4n) is 4.94. The Kier molecular flexibility index (Phi) is 3.76. The first-order chi connectivity index (χ1) is 14.8. The van der Waals surface area contributed by atoms with Crippen LogP contribution in [-0.2, 0) is 13.1 Å². The van der Waals surface area contributed by atoms with Crippen molar-refractivity contribution in [2.75, 3.05) is 0 Å². The standard InChI is InChI=1S/C28H22N2/c1-3-29-25-11-7-5-9-21(25)23-17-19(13-15-27(23)29)20-14-16-28-24(18-20)22-10-6-8-12-26(22)30(28)4-2/h5-14,17-18H,3-4H2,1-2H3. The smallest absolute Gasteiger partial charge is 0.0572 e. The van der Waals surface area contributed by atoms with Crippen molar-refractivity contribution in [3.63, 3.8) is 0 Å². The molecule has 0 N–H and O–H groups in total. The predicted octanol–water partition coefficient (Wildman–Crippen LogP) is 7.21. The summed E-state index contributed by atoms with van der Waals surface area (Å²) in [5, 5.41) is 5.11. The summed E-state index contributed by atoms with van der Waals surface area (Å²) in [5.41, 5.74) is 7.28. The van der Waals surface area contributed by atoms with E-state index in [1.165, 1.54) is 54.7 Å². The molecule has 2 nitrogen and oxygen atoms in total. The second-order valence-corrected chi connectivity index (χ2v) is 7.82. The number of aromatic nitrogens is 2. The Labute approximate surface area is 176 Å². The molecule has 2 radical (unpaired) electrons. The highest BCUT2D eigenvalue weighted by Crippen LogP contribution is 2.35. The van der Waals surface area contributed by atoms with Crippen LogP contribution in [0.15, 0.2) is 72.8 Å². The van der Waals surface area contributed by atoms with Crippen molar-refractivity contribution in [2.24, 2.45) is 0 Å². The maximum Gasteiger partial charge on any atom is 0.0572 e. The zero-order valence-corrected chi connectivity index (χ0v) is 17.2. The van der Waals surface area contributed by atoms with Crippen LogP contribution in [-0.4, -0.2) is 9.13 Å². The lowest BCUT2D eigenvalue weighted by molar-refractivity contribution is 0.826. The third-order valence-corrected chi connectivity index (χ3v) is 6.31. The maximum atomic E-state index is 3.57. The number of hydrogen-bond donors (Lipinski definition) is 0. The van der Waals surface area contributed by atoms with E-state index in [0.717, 1.165) is 13.1 Å². The van der Waals surface area contributed by atoms with E-state index in [9.17, 15) is 0 Å². The Hall–Kier alpha value is -3.52. The summed E-state index contributed by atoms with van der Waals surface area (Å²) in [6, 6.07) is 33.3. The van der Waals surface area contributed by atoms with Crippen molar-refractivity contribution in [1.29, 1.82) is 0 Å². The average molecular weight is 386 g/mol. The minimum Gasteiger partial charge on any atom is -0.340 e. The lowest BCUT2D eigenvalue weighted by Gasteiger charge is -2.06. The molecule has 6 aromatic rings. The molecule has 0 atom stereocenters. The molecule has 0 saturated carbocycles. The first-order valence-corrected chi connectivity index (χ1v) is 10.7. The Morgan fingerprint density at radius 1 is 0.600 bits per heavy atom. The molecule has 0 spiro atoms. The predicted molar refractivity (Wildman–Crippen MR) is 127 cm³/mol. The topological polar surface area (TPSA) is 9.86 Å². The highest BCUT2D eigenvalue weighted by molar-refractivity contribution is 6.11. The Balaban J connectivity index is 1.62. The van der Waals surface area contributed by atoms with Gasteiger partial charge in [-0.15, -0.1) is 0 Å². The number of fused-ring (bicyclic) bond motifs is 6. The van der Waals surface area contributed by atoms with Gasteiger partial charge in [0.05, 0.1) is 11.0 Å². The van der Waals surface area contributed by atoms with E-state index in [0.29, 0.717) is 0 Å². The fourth-order valence-corrected chi connectivity index (χ4v) is 4.94. The zero-order chi connectivity index (χ0) is 20.2. The molecule has 0 unspecified atom stereocenters. The Morgan fingerprint density at radius 2 is 1.03 bits per heavy atom. The van der Waals surface area contributed by atoms with Gasteiger partial charge in [-0.05, 0) is 61.4 Å². The van der Waals surface area contributed by atoms with Crippen LogP contribution >= 0.6 is 0 Å². The molecule has 2 aromatic heterocycles. The number of hydrogen-bond acceptors (Lipinski definition) is 0. The molecule has 0 aliphatic rings. The van der Waals surface area contributed by atoms with Gasteiger partial charge in [0, 0.05) is 57.8 Å². The zero-order valence-electron chi connectivity index (χ0n) is 17.2. The molecule has 0 fully saturated rings. The molecule has 0 aliphatic carbocycles. The van der Waals surface area contributed by atoms with Crippen molar-refractivity contribution >= 4 is 43.6 Å². The summed E-state index contributed by atoms with van der Waals surface area (Å²) in [7, 11) is 0. The molecule has 0 bridgehead atoms. The van der Waals surface area contributed by atoms with E-state index in [1.54, 1.807) is 0 Å². The summed E-state index contributed by atoms with van der Waals surface area (Å²) >= 11 is 0. The molecule has 6 rings (SSSR count). The van der Waals surface area contributed by atoms with Gasteiger partial charge in [0.2, 0.25) is 0 Å². The SMILES string of the molecule is CCn1c2[c]cc(-c3c[c]c4c(c3)c3ccccc3n4CC)cc2c2ccccc21. The van der Waals surface area contributed by atoms with Gasteiger partial charge >= 0.3 is 0 Å². The van der Waals surface area contributed by atoms with Crippen LogP contribution in [0.4, 0.5) is 0 Å². The molecule has 30 heavy (non-hydrogen) atoms. The third-order valence-electron chi connectivity index (χ3n) is 6.31. The summed E-state index contributed by atoms with van der Waals surface area (Å²) in [5.74, 6) is 0. The lowest BCUT2D eigenvalue weighted by atomic mass is 10.0. The summed E-state index contributed by atoms with van der Waals surface area (Å²) in [4.78, 5) is 0. The normalized spacial score (nSPS) is 11.9. The van der Waals surface area contributed by atoms with Gasteiger partial charge in [0.1, 0.15) is 0 Å². The van der Waals surface area contributed by atoms with Gasteiger partial charge in [0.25, 0.3) is 0 Å². The lowest BCUT2D eigenvalue weighted by Crippen LogP contribution is -1.93. The fraction of sp³-hybridized carbons (Fsp3) is 0.143. The maximum absolute atomic E-state index is 3.57. The van der Waals surface area contributed by atoms with Crippen molar-refractivity contribution in [3.05, 3.63) is 84.9 Å². The summed E-state index contributed by atoms with van der Waals surface area (Å²) in [6.45, 7) is 6.27. The Bertz CT molecular complexity index is 1440. The van der Waals surface area contributed by atoms with E-state index >= 15 is 0 Å². The van der Waals surface area contributed by atoms with Gasteiger partial charge in [-0.25, -0.2) is 0 Å². The van der Waals surface area contributed by atoms with Crippen LogP contribution < -0.4 is 0 Å². The van der Waals surface area contributed by atoms with Gasteiger partial charge in [-0.3, -0.25) is 0 Å². The summed E-state index contributed by atoms with van der Waals surface area (Å²) < 4.78 is 4.69. The quantitative estimate of drug-likeness (QED) is 0.304. The molecule has 4 aromatic carbocycles. The van der Waals surface area contributed by atoms with Gasteiger partial charge in [0.15, 0.2) is 0 Å². The van der Waals surface area contributed by atoms with E-state index in [4.69, 9.17) is 0 Å². The molecule has 144 valence electrons. The van der Waals surface area contributed by atoms with E-state index < -0.39 is 0 Å². The average Bonchev–Trinajstić information content (AvgIpc) is 3.30. The molecule has 2 heterocycles. The highest BCUT2D eigenvalue weighted by Gasteiger charge is 2.13. The number of benzene rings is 4. The number of para-hydroxylation sites is 2.